The van der Waals surface area contributed by atoms with Crippen LogP contribution in [0.1, 0.15) is 53.0 Å². The van der Waals surface area contributed by atoms with E-state index in [9.17, 15) is 115 Å². The van der Waals surface area contributed by atoms with Gasteiger partial charge in [0.2, 0.25) is 0 Å². The number of benzene rings is 1. The van der Waals surface area contributed by atoms with Gasteiger partial charge >= 0.3 is 77.9 Å². The Hall–Kier alpha value is -3.30. The number of alkyl halides is 25. The summed E-state index contributed by atoms with van der Waals surface area (Å²) in [5.74, 6) is -73.4. The largest absolute Gasteiger partial charge is 0.471 e. The first kappa shape index (κ1) is 53.7. The molecule has 0 unspecified atom stereocenters. The van der Waals surface area contributed by atoms with E-state index in [0.29, 0.717) is 25.0 Å². The van der Waals surface area contributed by atoms with Crippen LogP contribution in [-0.2, 0) is 20.7 Å². The average Bonchev–Trinajstić information content (AvgIpc) is 3.03. The van der Waals surface area contributed by atoms with Gasteiger partial charge in [0.15, 0.2) is 0 Å². The summed E-state index contributed by atoms with van der Waals surface area (Å²) >= 11 is 0. The summed E-state index contributed by atoms with van der Waals surface area (Å²) in [5.41, 5.74) is -1.41. The lowest BCUT2D eigenvalue weighted by atomic mass is 9.74. The molecule has 1 rings (SSSR count). The topological polar surface area (TPSA) is 44.8 Å². The minimum absolute atomic E-state index is 0.0522. The van der Waals surface area contributed by atoms with Crippen molar-refractivity contribution in [3.63, 3.8) is 0 Å². The van der Waals surface area contributed by atoms with Crippen LogP contribution in [0.25, 0.3) is 0 Å². The zero-order chi connectivity index (χ0) is 47.5. The van der Waals surface area contributed by atoms with E-state index in [0.717, 1.165) is 4.74 Å². The van der Waals surface area contributed by atoms with Crippen LogP contribution >= 0.6 is 0 Å². The molecule has 0 spiro atoms. The maximum absolute atomic E-state index is 14.3. The van der Waals surface area contributed by atoms with Gasteiger partial charge in [-0.1, -0.05) is 39.3 Å². The molecule has 0 saturated heterocycles. The van der Waals surface area contributed by atoms with Gasteiger partial charge in [0.05, 0.1) is 12.0 Å². The lowest BCUT2D eigenvalue weighted by Crippen LogP contribution is -2.74. The Balaban J connectivity index is 3.39. The minimum atomic E-state index is -9.11. The minimum Gasteiger partial charge on any atom is -0.465 e. The molecule has 346 valence electrons. The first-order valence-corrected chi connectivity index (χ1v) is 15.4. The van der Waals surface area contributed by atoms with Crippen molar-refractivity contribution < 1.29 is 129 Å². The second-order valence-electron chi connectivity index (χ2n) is 14.0. The fourth-order valence-electron chi connectivity index (χ4n) is 4.59. The molecule has 0 N–H and O–H groups in total. The van der Waals surface area contributed by atoms with E-state index in [1.54, 1.807) is 0 Å². The molecule has 0 aromatic heterocycles. The van der Waals surface area contributed by atoms with Gasteiger partial charge in [0.1, 0.15) is 5.75 Å². The number of halogens is 25. The van der Waals surface area contributed by atoms with Crippen LogP contribution in [0.2, 0.25) is 0 Å². The monoisotopic (exact) mass is 926 g/mol. The average molecular weight is 926 g/mol. The van der Waals surface area contributed by atoms with Crippen LogP contribution in [0.3, 0.4) is 0 Å². The Kier molecular flexibility index (Phi) is 14.2. The molecule has 0 radical (unpaired) electrons. The molecule has 0 heterocycles. The number of hydrogen-bond acceptors (Lipinski definition) is 4. The predicted octanol–water partition coefficient (Wildman–Crippen LogP) is 12.4. The number of rotatable bonds is 20. The molecular weight excluding hydrogens is 899 g/mol. The molecule has 1 aromatic carbocycles. The first-order valence-electron chi connectivity index (χ1n) is 15.4. The smallest absolute Gasteiger partial charge is 0.465 e. The van der Waals surface area contributed by atoms with E-state index in [1.165, 1.54) is 13.8 Å². The van der Waals surface area contributed by atoms with E-state index in [1.807, 2.05) is 20.8 Å². The highest BCUT2D eigenvalue weighted by Crippen LogP contribution is 2.64. The molecule has 0 atom stereocenters. The number of esters is 1. The van der Waals surface area contributed by atoms with Gasteiger partial charge in [-0.2, -0.15) is 110 Å². The molecule has 0 fully saturated rings. The molecule has 0 saturated carbocycles. The van der Waals surface area contributed by atoms with Crippen molar-refractivity contribution in [1.29, 1.82) is 0 Å². The van der Waals surface area contributed by atoms with Gasteiger partial charge in [-0.15, -0.1) is 0 Å². The molecule has 0 amide bonds. The quantitative estimate of drug-likeness (QED) is 0.0965. The van der Waals surface area contributed by atoms with Crippen molar-refractivity contribution in [2.75, 3.05) is 6.61 Å². The summed E-state index contributed by atoms with van der Waals surface area (Å²) in [6, 6.07) is 1.63. The van der Waals surface area contributed by atoms with E-state index in [-0.39, 0.29) is 29.5 Å². The van der Waals surface area contributed by atoms with E-state index in [4.69, 9.17) is 4.74 Å². The van der Waals surface area contributed by atoms with Crippen LogP contribution in [0.15, 0.2) is 24.3 Å². The Labute approximate surface area is 314 Å². The highest BCUT2D eigenvalue weighted by atomic mass is 19.4. The third kappa shape index (κ3) is 9.17. The highest BCUT2D eigenvalue weighted by molar-refractivity contribution is 5.76. The van der Waals surface area contributed by atoms with Crippen molar-refractivity contribution in [3.05, 3.63) is 29.8 Å². The molecule has 59 heavy (non-hydrogen) atoms. The summed E-state index contributed by atoms with van der Waals surface area (Å²) in [6.07, 6.45) is -32.4. The van der Waals surface area contributed by atoms with Crippen molar-refractivity contribution in [2.24, 2.45) is 10.8 Å². The zero-order valence-electron chi connectivity index (χ0n) is 29.7. The van der Waals surface area contributed by atoms with Gasteiger partial charge < -0.3 is 9.47 Å². The Morgan fingerprint density at radius 3 is 1.17 bits per heavy atom. The number of hydrogen-bond donors (Lipinski definition) is 0. The van der Waals surface area contributed by atoms with Gasteiger partial charge in [-0.25, -0.2) is 4.74 Å². The summed E-state index contributed by atoms with van der Waals surface area (Å²) < 4.78 is 349. The predicted molar refractivity (Wildman–Crippen MR) is 146 cm³/mol. The molecule has 4 nitrogen and oxygen atoms in total. The first-order chi connectivity index (χ1) is 25.6. The van der Waals surface area contributed by atoms with E-state index >= 15 is 0 Å². The molecule has 0 bridgehead atoms. The van der Waals surface area contributed by atoms with Gasteiger partial charge in [0.25, 0.3) is 0 Å². The zero-order valence-corrected chi connectivity index (χ0v) is 29.7. The summed E-state index contributed by atoms with van der Waals surface area (Å²) in [7, 11) is 0. The highest BCUT2D eigenvalue weighted by Gasteiger charge is 2.95. The van der Waals surface area contributed by atoms with Gasteiger partial charge in [-0.05, 0) is 43.4 Å². The molecule has 0 aliphatic heterocycles. The van der Waals surface area contributed by atoms with Crippen LogP contribution in [0.4, 0.5) is 110 Å². The molecule has 1 aromatic rings. The molecular formula is C30H27F25O4. The maximum Gasteiger partial charge on any atom is 0.471 e. The fraction of sp³-hybridized carbons (Fsp3) is 0.767. The van der Waals surface area contributed by atoms with Crippen molar-refractivity contribution in [3.8, 4) is 5.75 Å². The Bertz CT molecular complexity index is 1610. The second-order valence-corrected chi connectivity index (χ2v) is 14.0. The van der Waals surface area contributed by atoms with Crippen LogP contribution in [0, 0.1) is 10.8 Å². The molecule has 0 aliphatic rings. The fourth-order valence-corrected chi connectivity index (χ4v) is 4.59. The Morgan fingerprint density at radius 1 is 0.492 bits per heavy atom. The van der Waals surface area contributed by atoms with Crippen LogP contribution < -0.4 is 4.74 Å². The summed E-state index contributed by atoms with van der Waals surface area (Å²) in [5, 5.41) is 0. The van der Waals surface area contributed by atoms with Crippen molar-refractivity contribution >= 4 is 5.97 Å². The van der Waals surface area contributed by atoms with Crippen LogP contribution in [0.5, 0.6) is 5.75 Å². The number of carbonyl (C=O) groups is 1. The number of carbonyl (C=O) groups excluding carboxylic acids is 1. The second kappa shape index (κ2) is 15.6. The Morgan fingerprint density at radius 2 is 0.831 bits per heavy atom. The molecule has 29 heteroatoms. The third-order valence-corrected chi connectivity index (χ3v) is 8.30. The number of ether oxygens (including phenoxy) is 3. The summed E-state index contributed by atoms with van der Waals surface area (Å²) in [6.45, 7) is 8.15. The van der Waals surface area contributed by atoms with Gasteiger partial charge in [-0.3, -0.25) is 4.79 Å². The van der Waals surface area contributed by atoms with Gasteiger partial charge in [0, 0.05) is 6.42 Å². The lowest BCUT2D eigenvalue weighted by Gasteiger charge is -2.42. The normalized spacial score (nSPS) is 15.7. The van der Waals surface area contributed by atoms with E-state index < -0.39 is 95.6 Å². The van der Waals surface area contributed by atoms with E-state index in [2.05, 4.69) is 4.74 Å². The maximum atomic E-state index is 14.3. The SMILES string of the molecule is CCC(C)(C)CC(C)(C)C(=O)OCCc1ccc(OC(F)(F)C(F)(F)C(F)(F)C(F)(F)C(F)(F)C(F)(F)OC(F)(F)C(F)(F)C(F)(F)C(F)(F)C(F)(F)C(F)(F)F)cc1. The standard InChI is InChI=1S/C30H27F25O4/c1-6-17(2,3)13-18(4,5)16(56)57-12-11-14-7-9-15(10-8-14)58-28(50,51)24(41,42)21(35,36)22(37,38)26(45,46)30(54,55)59-29(52,53)25(43,44)20(33,34)19(31,32)23(39,40)27(47,48)49/h7-10H,6,11-13H2,1-5H3. The lowest BCUT2D eigenvalue weighted by molar-refractivity contribution is -0.529. The van der Waals surface area contributed by atoms with Crippen molar-refractivity contribution in [2.45, 2.75) is 126 Å². The third-order valence-electron chi connectivity index (χ3n) is 8.30. The van der Waals surface area contributed by atoms with Crippen molar-refractivity contribution in [1.82, 2.24) is 0 Å². The molecule has 0 aliphatic carbocycles. The van der Waals surface area contributed by atoms with Crippen LogP contribution in [-0.4, -0.2) is 84.5 Å². The summed E-state index contributed by atoms with van der Waals surface area (Å²) in [4.78, 5) is 12.5.